The minimum absolute atomic E-state index is 0.151. The van der Waals surface area contributed by atoms with Gasteiger partial charge in [0, 0.05) is 17.8 Å². The van der Waals surface area contributed by atoms with Crippen LogP contribution in [0.2, 0.25) is 5.15 Å². The van der Waals surface area contributed by atoms with Crippen LogP contribution in [-0.4, -0.2) is 36.9 Å². The van der Waals surface area contributed by atoms with Gasteiger partial charge in [-0.1, -0.05) is 25.4 Å². The van der Waals surface area contributed by atoms with Gasteiger partial charge < -0.3 is 5.32 Å². The zero-order valence-corrected chi connectivity index (χ0v) is 13.7. The van der Waals surface area contributed by atoms with Crippen molar-refractivity contribution in [2.24, 2.45) is 0 Å². The SMILES string of the molecule is CC(C)c1cc(C(=O)NCC2CCCS2(=O)=O)cc(Cl)n1. The van der Waals surface area contributed by atoms with Crippen molar-refractivity contribution in [2.45, 2.75) is 37.9 Å². The summed E-state index contributed by atoms with van der Waals surface area (Å²) < 4.78 is 23.5. The highest BCUT2D eigenvalue weighted by molar-refractivity contribution is 7.92. The number of carbonyl (C=O) groups is 1. The van der Waals surface area contributed by atoms with Gasteiger partial charge in [0.25, 0.3) is 5.91 Å². The van der Waals surface area contributed by atoms with Crippen LogP contribution in [0, 0.1) is 0 Å². The predicted molar refractivity (Wildman–Crippen MR) is 82.5 cm³/mol. The van der Waals surface area contributed by atoms with Crippen molar-refractivity contribution < 1.29 is 13.2 Å². The molecule has 0 aromatic carbocycles. The first-order valence-electron chi connectivity index (χ1n) is 6.97. The number of aromatic nitrogens is 1. The van der Waals surface area contributed by atoms with E-state index in [0.29, 0.717) is 18.4 Å². The molecular weight excluding hydrogens is 312 g/mol. The maximum atomic E-state index is 12.1. The van der Waals surface area contributed by atoms with E-state index in [1.165, 1.54) is 6.07 Å². The lowest BCUT2D eigenvalue weighted by Gasteiger charge is -2.12. The zero-order valence-electron chi connectivity index (χ0n) is 12.1. The zero-order chi connectivity index (χ0) is 15.6. The first kappa shape index (κ1) is 16.2. The van der Waals surface area contributed by atoms with Crippen LogP contribution in [0.4, 0.5) is 0 Å². The molecule has 0 spiro atoms. The number of nitrogens with zero attached hydrogens (tertiary/aromatic N) is 1. The van der Waals surface area contributed by atoms with Crippen molar-refractivity contribution in [2.75, 3.05) is 12.3 Å². The van der Waals surface area contributed by atoms with E-state index < -0.39 is 15.1 Å². The number of hydrogen-bond donors (Lipinski definition) is 1. The van der Waals surface area contributed by atoms with Crippen LogP contribution >= 0.6 is 11.6 Å². The van der Waals surface area contributed by atoms with Crippen LogP contribution in [-0.2, 0) is 9.84 Å². The Morgan fingerprint density at radius 2 is 2.19 bits per heavy atom. The average Bonchev–Trinajstić information content (AvgIpc) is 2.74. The van der Waals surface area contributed by atoms with E-state index in [9.17, 15) is 13.2 Å². The van der Waals surface area contributed by atoms with Crippen LogP contribution < -0.4 is 5.32 Å². The molecule has 1 aromatic heterocycles. The molecule has 7 heteroatoms. The Morgan fingerprint density at radius 1 is 1.48 bits per heavy atom. The third kappa shape index (κ3) is 3.95. The van der Waals surface area contributed by atoms with Crippen LogP contribution in [0.3, 0.4) is 0 Å². The van der Waals surface area contributed by atoms with Crippen LogP contribution in [0.25, 0.3) is 0 Å². The summed E-state index contributed by atoms with van der Waals surface area (Å²) in [6.45, 7) is 4.08. The van der Waals surface area contributed by atoms with Gasteiger partial charge in [-0.3, -0.25) is 4.79 Å². The fourth-order valence-corrected chi connectivity index (χ4v) is 4.32. The van der Waals surface area contributed by atoms with E-state index in [2.05, 4.69) is 10.3 Å². The Balaban J connectivity index is 2.07. The Labute approximate surface area is 130 Å². The second-order valence-electron chi connectivity index (χ2n) is 5.60. The van der Waals surface area contributed by atoms with Crippen molar-refractivity contribution in [3.05, 3.63) is 28.5 Å². The normalized spacial score (nSPS) is 20.7. The predicted octanol–water partition coefficient (Wildman–Crippen LogP) is 2.17. The lowest BCUT2D eigenvalue weighted by atomic mass is 10.1. The van der Waals surface area contributed by atoms with Crippen molar-refractivity contribution in [3.63, 3.8) is 0 Å². The van der Waals surface area contributed by atoms with Crippen molar-refractivity contribution in [3.8, 4) is 0 Å². The van der Waals surface area contributed by atoms with Gasteiger partial charge in [0.1, 0.15) is 5.15 Å². The molecule has 0 radical (unpaired) electrons. The Hall–Kier alpha value is -1.14. The summed E-state index contributed by atoms with van der Waals surface area (Å²) in [4.78, 5) is 16.3. The molecule has 1 atom stereocenters. The second kappa shape index (κ2) is 6.32. The molecule has 1 aliphatic heterocycles. The molecule has 1 aromatic rings. The molecule has 0 aliphatic carbocycles. The number of pyridine rings is 1. The van der Waals surface area contributed by atoms with Gasteiger partial charge in [0.15, 0.2) is 9.84 Å². The lowest BCUT2D eigenvalue weighted by molar-refractivity contribution is 0.0953. The first-order chi connectivity index (χ1) is 9.79. The molecule has 1 saturated heterocycles. The van der Waals surface area contributed by atoms with E-state index in [1.54, 1.807) is 6.07 Å². The van der Waals surface area contributed by atoms with Gasteiger partial charge in [-0.25, -0.2) is 13.4 Å². The molecule has 0 saturated carbocycles. The summed E-state index contributed by atoms with van der Waals surface area (Å²) >= 11 is 5.92. The van der Waals surface area contributed by atoms with Gasteiger partial charge in [-0.15, -0.1) is 0 Å². The number of carbonyl (C=O) groups excluding carboxylic acids is 1. The van der Waals surface area contributed by atoms with Crippen molar-refractivity contribution >= 4 is 27.3 Å². The third-order valence-corrected chi connectivity index (χ3v) is 6.09. The van der Waals surface area contributed by atoms with E-state index in [0.717, 1.165) is 5.69 Å². The molecule has 1 fully saturated rings. The number of nitrogens with one attached hydrogen (secondary N) is 1. The standard InChI is InChI=1S/C14H19ClN2O3S/c1-9(2)12-6-10(7-13(15)17-12)14(18)16-8-11-4-3-5-21(11,19)20/h6-7,9,11H,3-5,8H2,1-2H3,(H,16,18). The highest BCUT2D eigenvalue weighted by Crippen LogP contribution is 2.20. The molecule has 0 bridgehead atoms. The maximum Gasteiger partial charge on any atom is 0.251 e. The smallest absolute Gasteiger partial charge is 0.251 e. The topological polar surface area (TPSA) is 76.1 Å². The molecular formula is C14H19ClN2O3S. The van der Waals surface area contributed by atoms with Crippen LogP contribution in [0.5, 0.6) is 0 Å². The average molecular weight is 331 g/mol. The molecule has 5 nitrogen and oxygen atoms in total. The molecule has 1 N–H and O–H groups in total. The number of rotatable bonds is 4. The monoisotopic (exact) mass is 330 g/mol. The fourth-order valence-electron chi connectivity index (χ4n) is 2.34. The number of hydrogen-bond acceptors (Lipinski definition) is 4. The van der Waals surface area contributed by atoms with Crippen LogP contribution in [0.1, 0.15) is 48.7 Å². The summed E-state index contributed by atoms with van der Waals surface area (Å²) in [6.07, 6.45) is 1.28. The molecule has 2 heterocycles. The summed E-state index contributed by atoms with van der Waals surface area (Å²) in [6, 6.07) is 3.18. The first-order valence-corrected chi connectivity index (χ1v) is 9.06. The lowest BCUT2D eigenvalue weighted by Crippen LogP contribution is -2.34. The quantitative estimate of drug-likeness (QED) is 0.858. The van der Waals surface area contributed by atoms with E-state index in [1.807, 2.05) is 13.8 Å². The largest absolute Gasteiger partial charge is 0.351 e. The van der Waals surface area contributed by atoms with Crippen molar-refractivity contribution in [1.29, 1.82) is 0 Å². The Kier molecular flexibility index (Phi) is 4.88. The number of halogens is 1. The fraction of sp³-hybridized carbons (Fsp3) is 0.571. The summed E-state index contributed by atoms with van der Waals surface area (Å²) in [5.41, 5.74) is 1.15. The highest BCUT2D eigenvalue weighted by atomic mass is 35.5. The minimum atomic E-state index is -3.05. The van der Waals surface area contributed by atoms with Crippen molar-refractivity contribution in [1.82, 2.24) is 10.3 Å². The third-order valence-electron chi connectivity index (χ3n) is 3.62. The summed E-state index contributed by atoms with van der Waals surface area (Å²) in [5.74, 6) is 0.0558. The van der Waals surface area contributed by atoms with E-state index >= 15 is 0 Å². The van der Waals surface area contributed by atoms with Gasteiger partial charge >= 0.3 is 0 Å². The molecule has 1 aliphatic rings. The Morgan fingerprint density at radius 3 is 2.76 bits per heavy atom. The number of sulfone groups is 1. The molecule has 2 rings (SSSR count). The van der Waals surface area contributed by atoms with Gasteiger partial charge in [-0.2, -0.15) is 0 Å². The van der Waals surface area contributed by atoms with E-state index in [-0.39, 0.29) is 29.3 Å². The Bertz CT molecular complexity index is 644. The summed E-state index contributed by atoms with van der Waals surface area (Å²) in [5, 5.41) is 2.48. The van der Waals surface area contributed by atoms with Gasteiger partial charge in [0.05, 0.1) is 11.0 Å². The highest BCUT2D eigenvalue weighted by Gasteiger charge is 2.31. The van der Waals surface area contributed by atoms with Crippen LogP contribution in [0.15, 0.2) is 12.1 Å². The number of amides is 1. The van der Waals surface area contributed by atoms with Gasteiger partial charge in [0.2, 0.25) is 0 Å². The molecule has 1 amide bonds. The molecule has 1 unspecified atom stereocenters. The van der Waals surface area contributed by atoms with E-state index in [4.69, 9.17) is 11.6 Å². The maximum absolute atomic E-state index is 12.1. The second-order valence-corrected chi connectivity index (χ2v) is 8.39. The minimum Gasteiger partial charge on any atom is -0.351 e. The molecule has 21 heavy (non-hydrogen) atoms. The molecule has 116 valence electrons. The van der Waals surface area contributed by atoms with Gasteiger partial charge in [-0.05, 0) is 30.9 Å². The summed E-state index contributed by atoms with van der Waals surface area (Å²) in [7, 11) is -3.05.